The van der Waals surface area contributed by atoms with Crippen LogP contribution in [0.5, 0.6) is 0 Å². The lowest BCUT2D eigenvalue weighted by molar-refractivity contribution is 0.281. The van der Waals surface area contributed by atoms with Crippen LogP contribution in [0.25, 0.3) is 0 Å². The molecule has 0 unspecified atom stereocenters. The molecule has 0 atom stereocenters. The van der Waals surface area contributed by atoms with Gasteiger partial charge in [-0.1, -0.05) is 30.0 Å². The van der Waals surface area contributed by atoms with E-state index in [1.165, 1.54) is 26.5 Å². The third-order valence-corrected chi connectivity index (χ3v) is 4.30. The molecule has 0 aromatic heterocycles. The number of hydrogen-bond acceptors (Lipinski definition) is 2. The third kappa shape index (κ3) is 2.95. The molecule has 0 radical (unpaired) electrons. The molecule has 0 saturated carbocycles. The van der Waals surface area contributed by atoms with Gasteiger partial charge in [0.15, 0.2) is 0 Å². The van der Waals surface area contributed by atoms with Gasteiger partial charge in [0.25, 0.3) is 0 Å². The lowest BCUT2D eigenvalue weighted by Crippen LogP contribution is -1.87. The summed E-state index contributed by atoms with van der Waals surface area (Å²) in [6, 6.07) is 12.7. The summed E-state index contributed by atoms with van der Waals surface area (Å²) in [7, 11) is 0. The van der Waals surface area contributed by atoms with Gasteiger partial charge in [-0.2, -0.15) is 0 Å². The van der Waals surface area contributed by atoms with Gasteiger partial charge in [0.05, 0.1) is 6.61 Å². The van der Waals surface area contributed by atoms with E-state index in [-0.39, 0.29) is 6.61 Å². The average molecular weight is 258 g/mol. The van der Waals surface area contributed by atoms with Gasteiger partial charge in [0.2, 0.25) is 0 Å². The van der Waals surface area contributed by atoms with Crippen LogP contribution in [0, 0.1) is 20.8 Å². The predicted molar refractivity (Wildman–Crippen MR) is 77.1 cm³/mol. The molecule has 0 bridgehead atoms. The van der Waals surface area contributed by atoms with E-state index < -0.39 is 0 Å². The molecule has 1 nitrogen and oxygen atoms in total. The topological polar surface area (TPSA) is 20.2 Å². The highest BCUT2D eigenvalue weighted by molar-refractivity contribution is 7.99. The summed E-state index contributed by atoms with van der Waals surface area (Å²) >= 11 is 1.77. The van der Waals surface area contributed by atoms with Crippen LogP contribution in [0.2, 0.25) is 0 Å². The Hall–Kier alpha value is -1.25. The standard InChI is InChI=1S/C16H18OS/c1-11-4-6-15(9-12(11)2)18-16-7-5-14(10-17)8-13(16)3/h4-9,17H,10H2,1-3H3. The van der Waals surface area contributed by atoms with Gasteiger partial charge < -0.3 is 5.11 Å². The van der Waals surface area contributed by atoms with E-state index in [0.717, 1.165) is 5.56 Å². The van der Waals surface area contributed by atoms with E-state index in [1.807, 2.05) is 12.1 Å². The van der Waals surface area contributed by atoms with Gasteiger partial charge in [0.1, 0.15) is 0 Å². The third-order valence-electron chi connectivity index (χ3n) is 3.13. The molecule has 2 aromatic rings. The SMILES string of the molecule is Cc1ccc(Sc2ccc(CO)cc2C)cc1C. The van der Waals surface area contributed by atoms with Crippen molar-refractivity contribution in [1.82, 2.24) is 0 Å². The van der Waals surface area contributed by atoms with Crippen LogP contribution in [-0.4, -0.2) is 5.11 Å². The zero-order valence-electron chi connectivity index (χ0n) is 11.0. The molecule has 1 N–H and O–H groups in total. The Morgan fingerprint density at radius 2 is 1.67 bits per heavy atom. The van der Waals surface area contributed by atoms with Crippen molar-refractivity contribution in [3.8, 4) is 0 Å². The number of aliphatic hydroxyl groups is 1. The van der Waals surface area contributed by atoms with Crippen molar-refractivity contribution in [3.05, 3.63) is 58.7 Å². The smallest absolute Gasteiger partial charge is 0.0681 e. The minimum atomic E-state index is 0.107. The highest BCUT2D eigenvalue weighted by Crippen LogP contribution is 2.31. The largest absolute Gasteiger partial charge is 0.392 e. The summed E-state index contributed by atoms with van der Waals surface area (Å²) < 4.78 is 0. The number of hydrogen-bond donors (Lipinski definition) is 1. The molecule has 2 aromatic carbocycles. The minimum Gasteiger partial charge on any atom is -0.392 e. The van der Waals surface area contributed by atoms with Crippen molar-refractivity contribution < 1.29 is 5.11 Å². The first-order chi connectivity index (χ1) is 8.60. The molecule has 0 heterocycles. The van der Waals surface area contributed by atoms with Gasteiger partial charge in [-0.15, -0.1) is 0 Å². The van der Waals surface area contributed by atoms with Crippen LogP contribution in [0.1, 0.15) is 22.3 Å². The van der Waals surface area contributed by atoms with Crippen molar-refractivity contribution in [2.75, 3.05) is 0 Å². The Kier molecular flexibility index (Phi) is 4.10. The van der Waals surface area contributed by atoms with Crippen LogP contribution in [0.15, 0.2) is 46.2 Å². The number of aryl methyl sites for hydroxylation is 3. The Bertz CT molecular complexity index is 561. The van der Waals surface area contributed by atoms with Gasteiger partial charge in [0, 0.05) is 9.79 Å². The monoisotopic (exact) mass is 258 g/mol. The molecular formula is C16H18OS. The van der Waals surface area contributed by atoms with Crippen molar-refractivity contribution in [3.63, 3.8) is 0 Å². The second-order valence-electron chi connectivity index (χ2n) is 4.61. The summed E-state index contributed by atoms with van der Waals surface area (Å²) in [5.74, 6) is 0. The molecular weight excluding hydrogens is 240 g/mol. The maximum absolute atomic E-state index is 9.10. The quantitative estimate of drug-likeness (QED) is 0.888. The van der Waals surface area contributed by atoms with Crippen molar-refractivity contribution in [1.29, 1.82) is 0 Å². The van der Waals surface area contributed by atoms with Gasteiger partial charge in [-0.05, 0) is 61.2 Å². The molecule has 0 fully saturated rings. The molecule has 0 amide bonds. The van der Waals surface area contributed by atoms with E-state index in [2.05, 4.69) is 45.0 Å². The molecule has 2 heteroatoms. The Labute approximate surface area is 113 Å². The summed E-state index contributed by atoms with van der Waals surface area (Å²) in [6.07, 6.45) is 0. The summed E-state index contributed by atoms with van der Waals surface area (Å²) in [5, 5.41) is 9.10. The molecule has 18 heavy (non-hydrogen) atoms. The zero-order valence-corrected chi connectivity index (χ0v) is 11.8. The minimum absolute atomic E-state index is 0.107. The Morgan fingerprint density at radius 3 is 2.28 bits per heavy atom. The first-order valence-corrected chi connectivity index (χ1v) is 6.87. The van der Waals surface area contributed by atoms with Crippen LogP contribution >= 0.6 is 11.8 Å². The van der Waals surface area contributed by atoms with E-state index in [9.17, 15) is 0 Å². The molecule has 0 spiro atoms. The van der Waals surface area contributed by atoms with E-state index in [4.69, 9.17) is 5.11 Å². The summed E-state index contributed by atoms with van der Waals surface area (Å²) in [5.41, 5.74) is 4.83. The molecule has 0 aliphatic carbocycles. The lowest BCUT2D eigenvalue weighted by atomic mass is 10.1. The fraction of sp³-hybridized carbons (Fsp3) is 0.250. The second kappa shape index (κ2) is 5.59. The first kappa shape index (κ1) is 13.2. The first-order valence-electron chi connectivity index (χ1n) is 6.05. The van der Waals surface area contributed by atoms with Crippen molar-refractivity contribution in [2.45, 2.75) is 37.2 Å². The molecule has 0 aliphatic rings. The van der Waals surface area contributed by atoms with Crippen molar-refractivity contribution >= 4 is 11.8 Å². The Balaban J connectivity index is 2.25. The normalized spacial score (nSPS) is 10.7. The van der Waals surface area contributed by atoms with E-state index in [1.54, 1.807) is 11.8 Å². The van der Waals surface area contributed by atoms with Crippen LogP contribution in [0.4, 0.5) is 0 Å². The number of benzene rings is 2. The molecule has 94 valence electrons. The highest BCUT2D eigenvalue weighted by atomic mass is 32.2. The Morgan fingerprint density at radius 1 is 0.889 bits per heavy atom. The lowest BCUT2D eigenvalue weighted by Gasteiger charge is -2.08. The van der Waals surface area contributed by atoms with Crippen LogP contribution < -0.4 is 0 Å². The van der Waals surface area contributed by atoms with Gasteiger partial charge in [-0.3, -0.25) is 0 Å². The van der Waals surface area contributed by atoms with Crippen molar-refractivity contribution in [2.24, 2.45) is 0 Å². The van der Waals surface area contributed by atoms with Crippen LogP contribution in [-0.2, 0) is 6.61 Å². The summed E-state index contributed by atoms with van der Waals surface area (Å²) in [4.78, 5) is 2.51. The van der Waals surface area contributed by atoms with E-state index in [0.29, 0.717) is 0 Å². The number of aliphatic hydroxyl groups excluding tert-OH is 1. The highest BCUT2D eigenvalue weighted by Gasteiger charge is 2.03. The maximum atomic E-state index is 9.10. The van der Waals surface area contributed by atoms with Gasteiger partial charge in [-0.25, -0.2) is 0 Å². The average Bonchev–Trinajstić information content (AvgIpc) is 2.36. The summed E-state index contributed by atoms with van der Waals surface area (Å²) in [6.45, 7) is 6.46. The molecule has 0 saturated heterocycles. The zero-order chi connectivity index (χ0) is 13.1. The molecule has 0 aliphatic heterocycles. The maximum Gasteiger partial charge on any atom is 0.0681 e. The second-order valence-corrected chi connectivity index (χ2v) is 5.72. The number of rotatable bonds is 3. The molecule has 2 rings (SSSR count). The van der Waals surface area contributed by atoms with E-state index >= 15 is 0 Å². The predicted octanol–water partition coefficient (Wildman–Crippen LogP) is 4.26. The van der Waals surface area contributed by atoms with Crippen LogP contribution in [0.3, 0.4) is 0 Å². The fourth-order valence-electron chi connectivity index (χ4n) is 1.83. The van der Waals surface area contributed by atoms with Gasteiger partial charge >= 0.3 is 0 Å². The fourth-order valence-corrected chi connectivity index (χ4v) is 2.81.